The molecule has 84 valence electrons. The molecule has 0 N–H and O–H groups in total. The van der Waals surface area contributed by atoms with E-state index in [1.807, 2.05) is 0 Å². The van der Waals surface area contributed by atoms with Crippen molar-refractivity contribution in [3.05, 3.63) is 42.2 Å². The Kier molecular flexibility index (Phi) is 3.29. The molecule has 2 rings (SSSR count). The summed E-state index contributed by atoms with van der Waals surface area (Å²) in [5, 5.41) is 4.33. The zero-order chi connectivity index (χ0) is 11.4. The number of aryl methyl sites for hydroxylation is 1. The fraction of sp³-hybridized carbons (Fsp3) is 0.333. The summed E-state index contributed by atoms with van der Waals surface area (Å²) < 4.78 is 14.4. The van der Waals surface area contributed by atoms with E-state index in [-0.39, 0.29) is 5.82 Å². The smallest absolute Gasteiger partial charge is 0.151 e. The van der Waals surface area contributed by atoms with Gasteiger partial charge < -0.3 is 0 Å². The first kappa shape index (κ1) is 10.8. The summed E-state index contributed by atoms with van der Waals surface area (Å²) in [6.45, 7) is 2.14. The molecule has 1 aromatic carbocycles. The molecule has 0 bridgehead atoms. The molecule has 0 saturated heterocycles. The summed E-state index contributed by atoms with van der Waals surface area (Å²) in [6.07, 6.45) is 4.78. The van der Waals surface area contributed by atoms with Gasteiger partial charge in [0.2, 0.25) is 0 Å². The van der Waals surface area contributed by atoms with Gasteiger partial charge in [-0.1, -0.05) is 13.3 Å². The number of unbranched alkanes of at least 4 members (excludes halogenated alkanes) is 1. The first-order chi connectivity index (χ1) is 7.79. The van der Waals surface area contributed by atoms with Crippen LogP contribution in [0.15, 0.2) is 30.6 Å². The summed E-state index contributed by atoms with van der Waals surface area (Å²) in [5.74, 6) is 0.598. The van der Waals surface area contributed by atoms with E-state index in [2.05, 4.69) is 17.0 Å². The highest BCUT2D eigenvalue weighted by Gasteiger charge is 2.02. The monoisotopic (exact) mass is 219 g/mol. The standard InChI is InChI=1S/C12H14FN3/c1-2-3-4-12-14-9-16(15-12)11-7-5-10(13)6-8-11/h5-9H,2-4H2,1H3. The molecule has 0 radical (unpaired) electrons. The highest BCUT2D eigenvalue weighted by molar-refractivity contribution is 5.30. The van der Waals surface area contributed by atoms with Gasteiger partial charge in [0.25, 0.3) is 0 Å². The first-order valence-corrected chi connectivity index (χ1v) is 5.46. The number of hydrogen-bond acceptors (Lipinski definition) is 2. The average Bonchev–Trinajstić information content (AvgIpc) is 2.76. The van der Waals surface area contributed by atoms with Gasteiger partial charge in [-0.3, -0.25) is 0 Å². The molecule has 4 heteroatoms. The van der Waals surface area contributed by atoms with Crippen molar-refractivity contribution in [3.63, 3.8) is 0 Å². The quantitative estimate of drug-likeness (QED) is 0.791. The Morgan fingerprint density at radius 1 is 1.25 bits per heavy atom. The van der Waals surface area contributed by atoms with E-state index in [1.165, 1.54) is 12.1 Å². The van der Waals surface area contributed by atoms with Crippen LogP contribution < -0.4 is 0 Å². The first-order valence-electron chi connectivity index (χ1n) is 5.46. The van der Waals surface area contributed by atoms with Crippen LogP contribution in [0.5, 0.6) is 0 Å². The molecule has 1 aromatic heterocycles. The molecule has 0 saturated carbocycles. The molecule has 2 aromatic rings. The molecule has 0 amide bonds. The molecule has 3 nitrogen and oxygen atoms in total. The summed E-state index contributed by atoms with van der Waals surface area (Å²) in [7, 11) is 0. The molecule has 0 fully saturated rings. The molecule has 0 aliphatic heterocycles. The van der Waals surface area contributed by atoms with Gasteiger partial charge in [-0.15, -0.1) is 0 Å². The fourth-order valence-corrected chi connectivity index (χ4v) is 1.46. The molecular formula is C12H14FN3. The third-order valence-corrected chi connectivity index (χ3v) is 2.38. The maximum atomic E-state index is 12.7. The van der Waals surface area contributed by atoms with Gasteiger partial charge in [-0.25, -0.2) is 14.1 Å². The Morgan fingerprint density at radius 3 is 2.69 bits per heavy atom. The molecule has 1 heterocycles. The summed E-state index contributed by atoms with van der Waals surface area (Å²) in [6, 6.07) is 6.21. The molecule has 0 aliphatic carbocycles. The highest BCUT2D eigenvalue weighted by atomic mass is 19.1. The number of nitrogens with zero attached hydrogens (tertiary/aromatic N) is 3. The van der Waals surface area contributed by atoms with Crippen LogP contribution in [0.4, 0.5) is 4.39 Å². The van der Waals surface area contributed by atoms with E-state index in [0.29, 0.717) is 0 Å². The summed E-state index contributed by atoms with van der Waals surface area (Å²) >= 11 is 0. The Bertz CT molecular complexity index is 448. The molecular weight excluding hydrogens is 205 g/mol. The maximum absolute atomic E-state index is 12.7. The second kappa shape index (κ2) is 4.88. The molecule has 0 unspecified atom stereocenters. The SMILES string of the molecule is CCCCc1ncn(-c2ccc(F)cc2)n1. The van der Waals surface area contributed by atoms with Crippen LogP contribution in [0.2, 0.25) is 0 Å². The second-order valence-electron chi connectivity index (χ2n) is 3.69. The van der Waals surface area contributed by atoms with Crippen LogP contribution in [0.1, 0.15) is 25.6 Å². The zero-order valence-electron chi connectivity index (χ0n) is 9.23. The van der Waals surface area contributed by atoms with Gasteiger partial charge >= 0.3 is 0 Å². The number of halogens is 1. The number of aromatic nitrogens is 3. The van der Waals surface area contributed by atoms with Crippen LogP contribution in [-0.2, 0) is 6.42 Å². The molecule has 0 aliphatic rings. The third-order valence-electron chi connectivity index (χ3n) is 2.38. The third kappa shape index (κ3) is 2.45. The van der Waals surface area contributed by atoms with E-state index < -0.39 is 0 Å². The van der Waals surface area contributed by atoms with Crippen LogP contribution in [0.25, 0.3) is 5.69 Å². The lowest BCUT2D eigenvalue weighted by atomic mass is 10.2. The topological polar surface area (TPSA) is 30.7 Å². The number of rotatable bonds is 4. The Labute approximate surface area is 93.9 Å². The van der Waals surface area contributed by atoms with Gasteiger partial charge in [0.15, 0.2) is 5.82 Å². The average molecular weight is 219 g/mol. The molecule has 0 spiro atoms. The summed E-state index contributed by atoms with van der Waals surface area (Å²) in [5.41, 5.74) is 0.830. The summed E-state index contributed by atoms with van der Waals surface area (Å²) in [4.78, 5) is 4.21. The Balaban J connectivity index is 2.15. The van der Waals surface area contributed by atoms with Gasteiger partial charge in [0.05, 0.1) is 5.69 Å². The zero-order valence-corrected chi connectivity index (χ0v) is 9.23. The van der Waals surface area contributed by atoms with E-state index >= 15 is 0 Å². The lowest BCUT2D eigenvalue weighted by Crippen LogP contribution is -1.96. The van der Waals surface area contributed by atoms with Crippen molar-refractivity contribution in [3.8, 4) is 5.69 Å². The number of benzene rings is 1. The van der Waals surface area contributed by atoms with Crippen molar-refractivity contribution in [2.75, 3.05) is 0 Å². The highest BCUT2D eigenvalue weighted by Crippen LogP contribution is 2.08. The van der Waals surface area contributed by atoms with E-state index in [4.69, 9.17) is 0 Å². The number of hydrogen-bond donors (Lipinski definition) is 0. The van der Waals surface area contributed by atoms with Crippen LogP contribution in [-0.4, -0.2) is 14.8 Å². The van der Waals surface area contributed by atoms with Crippen LogP contribution >= 0.6 is 0 Å². The van der Waals surface area contributed by atoms with Crippen LogP contribution in [0.3, 0.4) is 0 Å². The van der Waals surface area contributed by atoms with E-state index in [1.54, 1.807) is 23.1 Å². The minimum Gasteiger partial charge on any atom is -0.221 e. The van der Waals surface area contributed by atoms with Crippen molar-refractivity contribution < 1.29 is 4.39 Å². The Morgan fingerprint density at radius 2 is 2.00 bits per heavy atom. The van der Waals surface area contributed by atoms with Gasteiger partial charge in [0.1, 0.15) is 12.1 Å². The van der Waals surface area contributed by atoms with Gasteiger partial charge in [-0.2, -0.15) is 5.10 Å². The molecule has 0 atom stereocenters. The normalized spacial score (nSPS) is 10.6. The maximum Gasteiger partial charge on any atom is 0.151 e. The van der Waals surface area contributed by atoms with E-state index in [9.17, 15) is 4.39 Å². The van der Waals surface area contributed by atoms with Crippen molar-refractivity contribution in [1.29, 1.82) is 0 Å². The fourth-order valence-electron chi connectivity index (χ4n) is 1.46. The lowest BCUT2D eigenvalue weighted by Gasteiger charge is -1.98. The largest absolute Gasteiger partial charge is 0.221 e. The van der Waals surface area contributed by atoms with Gasteiger partial charge in [-0.05, 0) is 30.7 Å². The van der Waals surface area contributed by atoms with Crippen molar-refractivity contribution in [2.45, 2.75) is 26.2 Å². The van der Waals surface area contributed by atoms with Crippen molar-refractivity contribution >= 4 is 0 Å². The molecule has 16 heavy (non-hydrogen) atoms. The predicted octanol–water partition coefficient (Wildman–Crippen LogP) is 2.75. The Hall–Kier alpha value is -1.71. The second-order valence-corrected chi connectivity index (χ2v) is 3.69. The minimum atomic E-state index is -0.241. The predicted molar refractivity (Wildman–Crippen MR) is 59.9 cm³/mol. The lowest BCUT2D eigenvalue weighted by molar-refractivity contribution is 0.627. The van der Waals surface area contributed by atoms with Gasteiger partial charge in [0, 0.05) is 6.42 Å². The van der Waals surface area contributed by atoms with Crippen LogP contribution in [0, 0.1) is 5.82 Å². The minimum absolute atomic E-state index is 0.241. The van der Waals surface area contributed by atoms with Crippen molar-refractivity contribution in [1.82, 2.24) is 14.8 Å². The van der Waals surface area contributed by atoms with E-state index in [0.717, 1.165) is 30.8 Å². The van der Waals surface area contributed by atoms with Crippen molar-refractivity contribution in [2.24, 2.45) is 0 Å².